The smallest absolute Gasteiger partial charge is 0.147 e. The number of aromatic nitrogens is 1. The fourth-order valence-electron chi connectivity index (χ4n) is 2.15. The second kappa shape index (κ2) is 6.40. The van der Waals surface area contributed by atoms with Crippen molar-refractivity contribution in [1.82, 2.24) is 4.98 Å². The zero-order valence-corrected chi connectivity index (χ0v) is 12.2. The van der Waals surface area contributed by atoms with Crippen molar-refractivity contribution < 1.29 is 4.74 Å². The minimum Gasteiger partial charge on any atom is -0.488 e. The Kier molecular flexibility index (Phi) is 4.60. The number of nitriles is 1. The summed E-state index contributed by atoms with van der Waals surface area (Å²) in [4.78, 5) is 4.02. The van der Waals surface area contributed by atoms with Gasteiger partial charge in [0.05, 0.1) is 0 Å². The van der Waals surface area contributed by atoms with E-state index in [2.05, 4.69) is 11.1 Å². The van der Waals surface area contributed by atoms with E-state index in [-0.39, 0.29) is 0 Å². The summed E-state index contributed by atoms with van der Waals surface area (Å²) in [6, 6.07) is 9.76. The number of alkyl halides is 1. The third-order valence-electron chi connectivity index (χ3n) is 3.04. The van der Waals surface area contributed by atoms with Gasteiger partial charge in [0.2, 0.25) is 0 Å². The molecule has 20 heavy (non-hydrogen) atoms. The zero-order chi connectivity index (χ0) is 14.5. The highest BCUT2D eigenvalue weighted by Gasteiger charge is 2.08. The molecule has 0 aliphatic heterocycles. The van der Waals surface area contributed by atoms with E-state index < -0.39 is 0 Å². The van der Waals surface area contributed by atoms with Crippen LogP contribution in [0.1, 0.15) is 27.9 Å². The van der Waals surface area contributed by atoms with Gasteiger partial charge in [0, 0.05) is 17.6 Å². The fraction of sp³-hybridized carbons (Fsp3) is 0.250. The van der Waals surface area contributed by atoms with Crippen LogP contribution in [0.4, 0.5) is 0 Å². The lowest BCUT2D eigenvalue weighted by Crippen LogP contribution is -2.02. The number of rotatable bonds is 4. The Hall–Kier alpha value is -2.05. The summed E-state index contributed by atoms with van der Waals surface area (Å²) < 4.78 is 5.86. The van der Waals surface area contributed by atoms with Gasteiger partial charge in [0.15, 0.2) is 0 Å². The fourth-order valence-corrected chi connectivity index (χ4v) is 2.30. The number of hydrogen-bond donors (Lipinski definition) is 0. The van der Waals surface area contributed by atoms with E-state index in [9.17, 15) is 0 Å². The molecule has 0 radical (unpaired) electrons. The van der Waals surface area contributed by atoms with Crippen molar-refractivity contribution >= 4 is 11.6 Å². The van der Waals surface area contributed by atoms with E-state index in [0.717, 1.165) is 28.0 Å². The largest absolute Gasteiger partial charge is 0.488 e. The maximum Gasteiger partial charge on any atom is 0.147 e. The monoisotopic (exact) mass is 286 g/mol. The highest BCUT2D eigenvalue weighted by atomic mass is 35.5. The normalized spacial score (nSPS) is 10.1. The van der Waals surface area contributed by atoms with Crippen LogP contribution >= 0.6 is 11.6 Å². The SMILES string of the molecule is Cc1cc(CCl)cc(C)c1OCc1cccnc1C#N. The van der Waals surface area contributed by atoms with Crippen LogP contribution in [0.25, 0.3) is 0 Å². The summed E-state index contributed by atoms with van der Waals surface area (Å²) in [6.45, 7) is 4.32. The van der Waals surface area contributed by atoms with Crippen LogP contribution < -0.4 is 4.74 Å². The molecule has 2 aromatic rings. The third-order valence-corrected chi connectivity index (χ3v) is 3.35. The molecule has 0 atom stereocenters. The highest BCUT2D eigenvalue weighted by molar-refractivity contribution is 6.17. The van der Waals surface area contributed by atoms with Crippen molar-refractivity contribution in [2.45, 2.75) is 26.3 Å². The summed E-state index contributed by atoms with van der Waals surface area (Å²) in [5.41, 5.74) is 4.36. The first kappa shape index (κ1) is 14.4. The van der Waals surface area contributed by atoms with Crippen LogP contribution in [-0.4, -0.2) is 4.98 Å². The van der Waals surface area contributed by atoms with Crippen molar-refractivity contribution in [2.75, 3.05) is 0 Å². The van der Waals surface area contributed by atoms with Gasteiger partial charge in [-0.15, -0.1) is 11.6 Å². The second-order valence-corrected chi connectivity index (χ2v) is 4.87. The first-order chi connectivity index (χ1) is 9.65. The summed E-state index contributed by atoms with van der Waals surface area (Å²) in [5, 5.41) is 9.01. The number of nitrogens with zero attached hydrogens (tertiary/aromatic N) is 2. The molecule has 1 aromatic heterocycles. The average Bonchev–Trinajstić information content (AvgIpc) is 2.46. The molecule has 0 spiro atoms. The Bertz CT molecular complexity index is 639. The molecule has 0 aliphatic rings. The molecule has 3 nitrogen and oxygen atoms in total. The van der Waals surface area contributed by atoms with Crippen LogP contribution in [0.5, 0.6) is 5.75 Å². The molecule has 2 rings (SSSR count). The standard InChI is InChI=1S/C16H15ClN2O/c1-11-6-13(8-17)7-12(2)16(11)20-10-14-4-3-5-19-15(14)9-18/h3-7H,8,10H2,1-2H3. The minimum absolute atomic E-state index is 0.332. The predicted molar refractivity (Wildman–Crippen MR) is 78.8 cm³/mol. The van der Waals surface area contributed by atoms with Gasteiger partial charge in [-0.25, -0.2) is 4.98 Å². The Labute approximate surface area is 123 Å². The summed E-state index contributed by atoms with van der Waals surface area (Å²) in [6.07, 6.45) is 1.60. The molecule has 102 valence electrons. The summed E-state index contributed by atoms with van der Waals surface area (Å²) in [5.74, 6) is 1.33. The summed E-state index contributed by atoms with van der Waals surface area (Å²) >= 11 is 5.85. The number of ether oxygens (including phenoxy) is 1. The molecule has 0 N–H and O–H groups in total. The van der Waals surface area contributed by atoms with Crippen molar-refractivity contribution in [3.8, 4) is 11.8 Å². The molecule has 0 amide bonds. The molecule has 1 aromatic carbocycles. The van der Waals surface area contributed by atoms with Crippen molar-refractivity contribution in [3.05, 3.63) is 58.4 Å². The maximum absolute atomic E-state index is 9.01. The molecule has 0 aliphatic carbocycles. The number of halogens is 1. The van der Waals surface area contributed by atoms with Crippen LogP contribution in [0.3, 0.4) is 0 Å². The number of pyridine rings is 1. The molecule has 0 unspecified atom stereocenters. The number of benzene rings is 1. The van der Waals surface area contributed by atoms with E-state index in [4.69, 9.17) is 21.6 Å². The van der Waals surface area contributed by atoms with Gasteiger partial charge in [-0.05, 0) is 36.6 Å². The van der Waals surface area contributed by atoms with Crippen LogP contribution in [-0.2, 0) is 12.5 Å². The Balaban J connectivity index is 2.22. The van der Waals surface area contributed by atoms with E-state index in [1.165, 1.54) is 0 Å². The van der Waals surface area contributed by atoms with Gasteiger partial charge in [-0.2, -0.15) is 5.26 Å². The van der Waals surface area contributed by atoms with Crippen LogP contribution in [0, 0.1) is 25.2 Å². The topological polar surface area (TPSA) is 45.9 Å². The third kappa shape index (κ3) is 3.09. The Morgan fingerprint density at radius 2 is 2.00 bits per heavy atom. The van der Waals surface area contributed by atoms with Gasteiger partial charge < -0.3 is 4.74 Å². The van der Waals surface area contributed by atoms with E-state index in [1.807, 2.05) is 32.0 Å². The van der Waals surface area contributed by atoms with E-state index >= 15 is 0 Å². The molecule has 0 saturated heterocycles. The number of aryl methyl sites for hydroxylation is 2. The maximum atomic E-state index is 9.01. The predicted octanol–water partition coefficient (Wildman–Crippen LogP) is 3.89. The lowest BCUT2D eigenvalue weighted by molar-refractivity contribution is 0.301. The highest BCUT2D eigenvalue weighted by Crippen LogP contribution is 2.26. The average molecular weight is 287 g/mol. The van der Waals surface area contributed by atoms with Gasteiger partial charge in [-0.1, -0.05) is 18.2 Å². The molecule has 0 saturated carbocycles. The van der Waals surface area contributed by atoms with E-state index in [0.29, 0.717) is 18.2 Å². The van der Waals surface area contributed by atoms with Crippen molar-refractivity contribution in [1.29, 1.82) is 5.26 Å². The first-order valence-electron chi connectivity index (χ1n) is 6.28. The molecule has 4 heteroatoms. The van der Waals surface area contributed by atoms with Crippen LogP contribution in [0.15, 0.2) is 30.5 Å². The number of hydrogen-bond acceptors (Lipinski definition) is 3. The lowest BCUT2D eigenvalue weighted by atomic mass is 10.1. The van der Waals surface area contributed by atoms with Gasteiger partial charge in [0.1, 0.15) is 24.1 Å². The summed E-state index contributed by atoms with van der Waals surface area (Å²) in [7, 11) is 0. The Morgan fingerprint density at radius 3 is 2.60 bits per heavy atom. The Morgan fingerprint density at radius 1 is 1.30 bits per heavy atom. The van der Waals surface area contributed by atoms with Crippen molar-refractivity contribution in [2.24, 2.45) is 0 Å². The second-order valence-electron chi connectivity index (χ2n) is 4.60. The molecule has 0 fully saturated rings. The van der Waals surface area contributed by atoms with Gasteiger partial charge in [0.25, 0.3) is 0 Å². The van der Waals surface area contributed by atoms with Gasteiger partial charge >= 0.3 is 0 Å². The quantitative estimate of drug-likeness (QED) is 0.801. The molecule has 1 heterocycles. The lowest BCUT2D eigenvalue weighted by Gasteiger charge is -2.14. The van der Waals surface area contributed by atoms with Gasteiger partial charge in [-0.3, -0.25) is 0 Å². The van der Waals surface area contributed by atoms with Crippen molar-refractivity contribution in [3.63, 3.8) is 0 Å². The minimum atomic E-state index is 0.332. The molecular formula is C16H15ClN2O. The van der Waals surface area contributed by atoms with E-state index in [1.54, 1.807) is 12.3 Å². The first-order valence-corrected chi connectivity index (χ1v) is 6.82. The van der Waals surface area contributed by atoms with Crippen LogP contribution in [0.2, 0.25) is 0 Å². The zero-order valence-electron chi connectivity index (χ0n) is 11.5. The molecule has 0 bridgehead atoms. The molecular weight excluding hydrogens is 272 g/mol.